The second-order valence-corrected chi connectivity index (χ2v) is 3.86. The quantitative estimate of drug-likeness (QED) is 0.675. The van der Waals surface area contributed by atoms with E-state index in [1.165, 1.54) is 7.05 Å². The number of likely N-dealkylation sites (tertiary alicyclic amines) is 1. The minimum Gasteiger partial charge on any atom is -0.389 e. The van der Waals surface area contributed by atoms with Crippen molar-refractivity contribution < 1.29 is 14.7 Å². The molecule has 1 heterocycles. The number of hydrogen-bond donors (Lipinski definition) is 1. The molecule has 1 unspecified atom stereocenters. The third-order valence-corrected chi connectivity index (χ3v) is 3.25. The van der Waals surface area contributed by atoms with Gasteiger partial charge in [-0.25, -0.2) is 0 Å². The zero-order chi connectivity index (χ0) is 10.9. The lowest BCUT2D eigenvalue weighted by molar-refractivity contribution is -0.141. The van der Waals surface area contributed by atoms with Crippen LogP contribution in [0.2, 0.25) is 0 Å². The number of carbonyl (C=O) groups is 2. The lowest BCUT2D eigenvalue weighted by atomic mass is 9.82. The highest BCUT2D eigenvalue weighted by Crippen LogP contribution is 2.33. The summed E-state index contributed by atoms with van der Waals surface area (Å²) in [5, 5.41) is 10.1. The van der Waals surface area contributed by atoms with Gasteiger partial charge in [0, 0.05) is 13.5 Å². The molecule has 1 rings (SSSR count). The Labute approximate surface area is 83.9 Å². The van der Waals surface area contributed by atoms with Crippen molar-refractivity contribution >= 4 is 11.8 Å². The summed E-state index contributed by atoms with van der Waals surface area (Å²) in [6.45, 7) is 3.67. The summed E-state index contributed by atoms with van der Waals surface area (Å²) in [6, 6.07) is 0. The molecule has 0 aromatic heterocycles. The largest absolute Gasteiger partial charge is 0.389 e. The predicted molar refractivity (Wildman–Crippen MR) is 51.4 cm³/mol. The maximum absolute atomic E-state index is 11.6. The number of rotatable bonds is 3. The summed E-state index contributed by atoms with van der Waals surface area (Å²) in [4.78, 5) is 24.0. The Morgan fingerprint density at radius 1 is 1.43 bits per heavy atom. The molecule has 1 saturated heterocycles. The van der Waals surface area contributed by atoms with E-state index >= 15 is 0 Å². The fraction of sp³-hybridized carbons (Fsp3) is 0.800. The molecule has 1 aliphatic rings. The molecule has 0 saturated carbocycles. The summed E-state index contributed by atoms with van der Waals surface area (Å²) in [5.41, 5.74) is -1.02. The van der Waals surface area contributed by atoms with Crippen LogP contribution in [0.1, 0.15) is 33.1 Å². The molecule has 1 atom stereocenters. The van der Waals surface area contributed by atoms with Crippen molar-refractivity contribution in [1.82, 2.24) is 4.90 Å². The summed E-state index contributed by atoms with van der Waals surface area (Å²) < 4.78 is 0. The van der Waals surface area contributed by atoms with Gasteiger partial charge in [0.1, 0.15) is 0 Å². The standard InChI is InChI=1S/C10H17NO3/c1-4-10(14,5-2)7-6-8(12)11(3)9(7)13/h7,14H,4-6H2,1-3H3. The number of imide groups is 1. The first-order chi connectivity index (χ1) is 6.46. The van der Waals surface area contributed by atoms with Crippen LogP contribution in [0, 0.1) is 5.92 Å². The van der Waals surface area contributed by atoms with Crippen molar-refractivity contribution in [3.63, 3.8) is 0 Å². The average molecular weight is 199 g/mol. The summed E-state index contributed by atoms with van der Waals surface area (Å²) >= 11 is 0. The van der Waals surface area contributed by atoms with Gasteiger partial charge in [0.2, 0.25) is 11.8 Å². The van der Waals surface area contributed by atoms with Crippen LogP contribution in [-0.4, -0.2) is 34.5 Å². The Morgan fingerprint density at radius 2 is 1.93 bits per heavy atom. The fourth-order valence-corrected chi connectivity index (χ4v) is 1.92. The predicted octanol–water partition coefficient (Wildman–Crippen LogP) is 0.542. The van der Waals surface area contributed by atoms with Crippen LogP contribution >= 0.6 is 0 Å². The molecular weight excluding hydrogens is 182 g/mol. The average Bonchev–Trinajstić information content (AvgIpc) is 2.45. The molecule has 0 bridgehead atoms. The molecule has 4 nitrogen and oxygen atoms in total. The van der Waals surface area contributed by atoms with Crippen molar-refractivity contribution in [2.75, 3.05) is 7.05 Å². The zero-order valence-electron chi connectivity index (χ0n) is 8.91. The summed E-state index contributed by atoms with van der Waals surface area (Å²) in [6.07, 6.45) is 1.15. The maximum atomic E-state index is 11.6. The fourth-order valence-electron chi connectivity index (χ4n) is 1.92. The molecular formula is C10H17NO3. The van der Waals surface area contributed by atoms with E-state index in [1.54, 1.807) is 0 Å². The van der Waals surface area contributed by atoms with Gasteiger partial charge in [-0.1, -0.05) is 13.8 Å². The Balaban J connectivity index is 2.90. The van der Waals surface area contributed by atoms with Gasteiger partial charge in [-0.3, -0.25) is 14.5 Å². The van der Waals surface area contributed by atoms with E-state index in [0.29, 0.717) is 12.8 Å². The minimum atomic E-state index is -1.02. The van der Waals surface area contributed by atoms with E-state index in [1.807, 2.05) is 13.8 Å². The highest BCUT2D eigenvalue weighted by atomic mass is 16.3. The third kappa shape index (κ3) is 1.54. The molecule has 2 amide bonds. The van der Waals surface area contributed by atoms with Crippen LogP contribution in [0.25, 0.3) is 0 Å². The van der Waals surface area contributed by atoms with E-state index in [-0.39, 0.29) is 18.2 Å². The summed E-state index contributed by atoms with van der Waals surface area (Å²) in [7, 11) is 1.47. The van der Waals surface area contributed by atoms with Crippen LogP contribution in [0.15, 0.2) is 0 Å². The van der Waals surface area contributed by atoms with Gasteiger partial charge in [-0.15, -0.1) is 0 Å². The van der Waals surface area contributed by atoms with Crippen molar-refractivity contribution in [3.8, 4) is 0 Å². The van der Waals surface area contributed by atoms with E-state index in [9.17, 15) is 14.7 Å². The lowest BCUT2D eigenvalue weighted by Gasteiger charge is -2.29. The first kappa shape index (κ1) is 11.2. The first-order valence-corrected chi connectivity index (χ1v) is 4.99. The Hall–Kier alpha value is -0.900. The van der Waals surface area contributed by atoms with Crippen molar-refractivity contribution in [2.45, 2.75) is 38.7 Å². The van der Waals surface area contributed by atoms with Crippen LogP contribution < -0.4 is 0 Å². The number of nitrogens with zero attached hydrogens (tertiary/aromatic N) is 1. The monoisotopic (exact) mass is 199 g/mol. The lowest BCUT2D eigenvalue weighted by Crippen LogP contribution is -2.41. The smallest absolute Gasteiger partial charge is 0.235 e. The van der Waals surface area contributed by atoms with Gasteiger partial charge in [0.25, 0.3) is 0 Å². The maximum Gasteiger partial charge on any atom is 0.235 e. The second kappa shape index (κ2) is 3.69. The van der Waals surface area contributed by atoms with Crippen LogP contribution in [-0.2, 0) is 9.59 Å². The van der Waals surface area contributed by atoms with Crippen molar-refractivity contribution in [1.29, 1.82) is 0 Å². The Morgan fingerprint density at radius 3 is 2.21 bits per heavy atom. The topological polar surface area (TPSA) is 57.6 Å². The van der Waals surface area contributed by atoms with Gasteiger partial charge in [0.05, 0.1) is 11.5 Å². The Kier molecular flexibility index (Phi) is 2.95. The number of hydrogen-bond acceptors (Lipinski definition) is 3. The van der Waals surface area contributed by atoms with Crippen molar-refractivity contribution in [2.24, 2.45) is 5.92 Å². The molecule has 1 N–H and O–H groups in total. The van der Waals surface area contributed by atoms with E-state index in [2.05, 4.69) is 0 Å². The molecule has 0 aliphatic carbocycles. The normalized spacial score (nSPS) is 23.4. The molecule has 0 aromatic rings. The number of carbonyl (C=O) groups excluding carboxylic acids is 2. The third-order valence-electron chi connectivity index (χ3n) is 3.25. The highest BCUT2D eigenvalue weighted by molar-refractivity contribution is 6.03. The SMILES string of the molecule is CCC(O)(CC)C1CC(=O)N(C)C1=O. The first-order valence-electron chi connectivity index (χ1n) is 4.99. The van der Waals surface area contributed by atoms with Gasteiger partial charge >= 0.3 is 0 Å². The van der Waals surface area contributed by atoms with Crippen LogP contribution in [0.4, 0.5) is 0 Å². The molecule has 1 aliphatic heterocycles. The zero-order valence-corrected chi connectivity index (χ0v) is 8.91. The second-order valence-electron chi connectivity index (χ2n) is 3.86. The highest BCUT2D eigenvalue weighted by Gasteiger charge is 2.47. The number of amides is 2. The summed E-state index contributed by atoms with van der Waals surface area (Å²) in [5.74, 6) is -0.989. The van der Waals surface area contributed by atoms with Crippen LogP contribution in [0.5, 0.6) is 0 Å². The number of aliphatic hydroxyl groups is 1. The molecule has 1 fully saturated rings. The molecule has 0 spiro atoms. The van der Waals surface area contributed by atoms with Crippen LogP contribution in [0.3, 0.4) is 0 Å². The van der Waals surface area contributed by atoms with Gasteiger partial charge in [0.15, 0.2) is 0 Å². The van der Waals surface area contributed by atoms with E-state index in [0.717, 1.165) is 4.90 Å². The molecule has 14 heavy (non-hydrogen) atoms. The molecule has 0 radical (unpaired) electrons. The van der Waals surface area contributed by atoms with Gasteiger partial charge in [-0.05, 0) is 12.8 Å². The minimum absolute atomic E-state index is 0.146. The molecule has 4 heteroatoms. The van der Waals surface area contributed by atoms with E-state index < -0.39 is 11.5 Å². The van der Waals surface area contributed by atoms with Crippen molar-refractivity contribution in [3.05, 3.63) is 0 Å². The van der Waals surface area contributed by atoms with E-state index in [4.69, 9.17) is 0 Å². The Bertz CT molecular complexity index is 258. The van der Waals surface area contributed by atoms with Gasteiger partial charge in [-0.2, -0.15) is 0 Å². The molecule has 0 aromatic carbocycles. The van der Waals surface area contributed by atoms with Gasteiger partial charge < -0.3 is 5.11 Å². The molecule has 80 valence electrons.